The minimum absolute atomic E-state index is 0.0148. The zero-order valence-corrected chi connectivity index (χ0v) is 19.2. The molecule has 1 spiro atoms. The maximum absolute atomic E-state index is 13.9. The van der Waals surface area contributed by atoms with Gasteiger partial charge in [-0.25, -0.2) is 9.37 Å². The Morgan fingerprint density at radius 2 is 1.97 bits per heavy atom. The van der Waals surface area contributed by atoms with Crippen molar-refractivity contribution in [2.24, 2.45) is 5.41 Å². The predicted molar refractivity (Wildman–Crippen MR) is 124 cm³/mol. The van der Waals surface area contributed by atoms with E-state index in [1.165, 1.54) is 6.07 Å². The molecule has 2 saturated heterocycles. The largest absolute Gasteiger partial charge is 0.338 e. The van der Waals surface area contributed by atoms with Gasteiger partial charge in [-0.1, -0.05) is 12.1 Å². The fraction of sp³-hybridized carbons (Fsp3) is 0.423. The molecule has 0 N–H and O–H groups in total. The van der Waals surface area contributed by atoms with Gasteiger partial charge >= 0.3 is 0 Å². The molecule has 2 fully saturated rings. The highest BCUT2D eigenvalue weighted by Gasteiger charge is 2.57. The van der Waals surface area contributed by atoms with Crippen molar-refractivity contribution in [2.75, 3.05) is 19.6 Å². The van der Waals surface area contributed by atoms with Gasteiger partial charge in [-0.05, 0) is 55.7 Å². The molecule has 4 heterocycles. The fourth-order valence-corrected chi connectivity index (χ4v) is 5.40. The van der Waals surface area contributed by atoms with Gasteiger partial charge in [-0.15, -0.1) is 0 Å². The highest BCUT2D eigenvalue weighted by atomic mass is 19.1. The van der Waals surface area contributed by atoms with Crippen molar-refractivity contribution in [1.82, 2.24) is 24.3 Å². The summed E-state index contributed by atoms with van der Waals surface area (Å²) in [6.07, 6.45) is 8.31. The Hall–Kier alpha value is -3.06. The van der Waals surface area contributed by atoms with Crippen LogP contribution in [0.1, 0.15) is 49.0 Å². The Bertz CT molecular complexity index is 1130. The van der Waals surface area contributed by atoms with E-state index in [0.29, 0.717) is 25.7 Å². The molecule has 2 aliphatic heterocycles. The first-order chi connectivity index (χ1) is 15.9. The lowest BCUT2D eigenvalue weighted by Crippen LogP contribution is -2.39. The van der Waals surface area contributed by atoms with Gasteiger partial charge in [0.2, 0.25) is 5.91 Å². The third-order valence-electron chi connectivity index (χ3n) is 7.15. The van der Waals surface area contributed by atoms with E-state index in [-0.39, 0.29) is 17.6 Å². The van der Waals surface area contributed by atoms with Crippen LogP contribution in [0.25, 0.3) is 0 Å². The molecule has 1 aromatic carbocycles. The van der Waals surface area contributed by atoms with Gasteiger partial charge < -0.3 is 9.47 Å². The van der Waals surface area contributed by atoms with Crippen LogP contribution in [-0.2, 0) is 17.9 Å². The maximum Gasteiger partial charge on any atom is 0.231 e. The summed E-state index contributed by atoms with van der Waals surface area (Å²) in [4.78, 5) is 27.0. The number of nitrogens with zero attached hydrogens (tertiary/aromatic N) is 5. The normalized spacial score (nSPS) is 23.3. The zero-order valence-electron chi connectivity index (χ0n) is 19.2. The molecule has 2 atom stereocenters. The number of pyridine rings is 1. The van der Waals surface area contributed by atoms with Crippen LogP contribution in [0.4, 0.5) is 4.39 Å². The third-order valence-corrected chi connectivity index (χ3v) is 7.15. The number of rotatable bonds is 6. The molecule has 0 radical (unpaired) electrons. The van der Waals surface area contributed by atoms with E-state index in [1.54, 1.807) is 24.5 Å². The first-order valence-corrected chi connectivity index (χ1v) is 11.6. The van der Waals surface area contributed by atoms with Crippen molar-refractivity contribution in [3.05, 3.63) is 84.0 Å². The number of hydrogen-bond donors (Lipinski definition) is 0. The van der Waals surface area contributed by atoms with Gasteiger partial charge in [0.15, 0.2) is 0 Å². The Labute approximate surface area is 194 Å². The molecule has 33 heavy (non-hydrogen) atoms. The van der Waals surface area contributed by atoms with Crippen LogP contribution in [0.3, 0.4) is 0 Å². The summed E-state index contributed by atoms with van der Waals surface area (Å²) >= 11 is 0. The van der Waals surface area contributed by atoms with Crippen LogP contribution in [0.15, 0.2) is 61.3 Å². The van der Waals surface area contributed by atoms with Gasteiger partial charge in [0, 0.05) is 63.3 Å². The Balaban J connectivity index is 1.43. The number of hydrogen-bond acceptors (Lipinski definition) is 4. The van der Waals surface area contributed by atoms with Gasteiger partial charge in [0.1, 0.15) is 5.82 Å². The molecule has 2 aromatic heterocycles. The van der Waals surface area contributed by atoms with E-state index in [4.69, 9.17) is 4.98 Å². The smallest absolute Gasteiger partial charge is 0.231 e. The summed E-state index contributed by atoms with van der Waals surface area (Å²) in [6, 6.07) is 11.0. The quantitative estimate of drug-likeness (QED) is 0.573. The molecular weight excluding hydrogens is 417 g/mol. The minimum atomic E-state index is -0.503. The summed E-state index contributed by atoms with van der Waals surface area (Å²) in [5.41, 5.74) is 2.49. The SMILES string of the molecule is CC(C)n1cnc(C2CN(Cc3cccc(F)c3)CC23CCN(Cc2ccncc2)C3=O)c1. The number of carbonyl (C=O) groups excluding carboxylic acids is 1. The molecule has 5 rings (SSSR count). The van der Waals surface area contributed by atoms with E-state index in [1.807, 2.05) is 29.4 Å². The lowest BCUT2D eigenvalue weighted by Gasteiger charge is -2.28. The summed E-state index contributed by atoms with van der Waals surface area (Å²) in [6.45, 7) is 7.61. The van der Waals surface area contributed by atoms with Crippen LogP contribution < -0.4 is 0 Å². The van der Waals surface area contributed by atoms with Crippen molar-refractivity contribution in [2.45, 2.75) is 45.3 Å². The predicted octanol–water partition coefficient (Wildman–Crippen LogP) is 4.02. The molecule has 2 aliphatic rings. The van der Waals surface area contributed by atoms with Crippen LogP contribution in [0, 0.1) is 11.2 Å². The van der Waals surface area contributed by atoms with Gasteiger partial charge in [0.25, 0.3) is 0 Å². The summed E-state index contributed by atoms with van der Waals surface area (Å²) in [5, 5.41) is 0. The first-order valence-electron chi connectivity index (χ1n) is 11.6. The first kappa shape index (κ1) is 21.8. The Morgan fingerprint density at radius 3 is 2.70 bits per heavy atom. The van der Waals surface area contributed by atoms with Crippen LogP contribution >= 0.6 is 0 Å². The fourth-order valence-electron chi connectivity index (χ4n) is 5.40. The summed E-state index contributed by atoms with van der Waals surface area (Å²) in [5.74, 6) is -0.0137. The summed E-state index contributed by atoms with van der Waals surface area (Å²) < 4.78 is 15.9. The van der Waals surface area contributed by atoms with E-state index >= 15 is 0 Å². The van der Waals surface area contributed by atoms with E-state index < -0.39 is 5.41 Å². The third kappa shape index (κ3) is 4.17. The van der Waals surface area contributed by atoms with Crippen molar-refractivity contribution in [3.8, 4) is 0 Å². The Morgan fingerprint density at radius 1 is 1.15 bits per heavy atom. The monoisotopic (exact) mass is 447 g/mol. The molecule has 1 amide bonds. The average molecular weight is 448 g/mol. The number of carbonyl (C=O) groups is 1. The highest BCUT2D eigenvalue weighted by Crippen LogP contribution is 2.50. The molecule has 0 saturated carbocycles. The second kappa shape index (κ2) is 8.71. The molecule has 172 valence electrons. The molecule has 0 aliphatic carbocycles. The van der Waals surface area contributed by atoms with Crippen molar-refractivity contribution < 1.29 is 9.18 Å². The molecule has 0 bridgehead atoms. The number of likely N-dealkylation sites (tertiary alicyclic amines) is 2. The number of halogens is 1. The number of amides is 1. The van der Waals surface area contributed by atoms with Crippen molar-refractivity contribution in [1.29, 1.82) is 0 Å². The van der Waals surface area contributed by atoms with Crippen LogP contribution in [0.2, 0.25) is 0 Å². The van der Waals surface area contributed by atoms with E-state index in [2.05, 4.69) is 34.5 Å². The lowest BCUT2D eigenvalue weighted by molar-refractivity contribution is -0.136. The maximum atomic E-state index is 13.9. The number of imidazole rings is 1. The van der Waals surface area contributed by atoms with Gasteiger partial charge in [-0.2, -0.15) is 0 Å². The zero-order chi connectivity index (χ0) is 23.0. The topological polar surface area (TPSA) is 54.3 Å². The second-order valence-electron chi connectivity index (χ2n) is 9.68. The van der Waals surface area contributed by atoms with Gasteiger partial charge in [0.05, 0.1) is 17.4 Å². The molecule has 2 unspecified atom stereocenters. The lowest BCUT2D eigenvalue weighted by atomic mass is 9.75. The van der Waals surface area contributed by atoms with E-state index in [0.717, 1.165) is 36.3 Å². The average Bonchev–Trinajstić information content (AvgIpc) is 3.49. The van der Waals surface area contributed by atoms with Crippen molar-refractivity contribution >= 4 is 5.91 Å². The molecular formula is C26H30FN5O. The molecule has 6 nitrogen and oxygen atoms in total. The number of aromatic nitrogens is 3. The Kier molecular flexibility index (Phi) is 5.74. The van der Waals surface area contributed by atoms with Crippen molar-refractivity contribution in [3.63, 3.8) is 0 Å². The molecule has 3 aromatic rings. The molecule has 7 heteroatoms. The minimum Gasteiger partial charge on any atom is -0.338 e. The van der Waals surface area contributed by atoms with Gasteiger partial charge in [-0.3, -0.25) is 14.7 Å². The van der Waals surface area contributed by atoms with Crippen LogP contribution in [-0.4, -0.2) is 49.9 Å². The standard InChI is InChI=1S/C26H30FN5O/c1-19(2)32-16-24(29-18-32)23-15-30(13-21-4-3-5-22(27)12-21)17-26(23)8-11-31(25(26)33)14-20-6-9-28-10-7-20/h3-7,9-10,12,16,18-19,23H,8,11,13-15,17H2,1-2H3. The highest BCUT2D eigenvalue weighted by molar-refractivity contribution is 5.86. The van der Waals surface area contributed by atoms with Crippen LogP contribution in [0.5, 0.6) is 0 Å². The summed E-state index contributed by atoms with van der Waals surface area (Å²) in [7, 11) is 0. The number of benzene rings is 1. The van der Waals surface area contributed by atoms with E-state index in [9.17, 15) is 9.18 Å². The second-order valence-corrected chi connectivity index (χ2v) is 9.68.